The van der Waals surface area contributed by atoms with E-state index < -0.39 is 39.8 Å². The van der Waals surface area contributed by atoms with Gasteiger partial charge in [-0.2, -0.15) is 4.31 Å². The van der Waals surface area contributed by atoms with E-state index in [2.05, 4.69) is 16.0 Å². The van der Waals surface area contributed by atoms with E-state index in [4.69, 9.17) is 16.3 Å². The lowest BCUT2D eigenvalue weighted by Gasteiger charge is -2.38. The number of hydrogen-bond acceptors (Lipinski definition) is 6. The fraction of sp³-hybridized carbons (Fsp3) is 0.562. The highest BCUT2D eigenvalue weighted by Crippen LogP contribution is 2.40. The van der Waals surface area contributed by atoms with Gasteiger partial charge in [0.25, 0.3) is 0 Å². The van der Waals surface area contributed by atoms with Gasteiger partial charge in [-0.25, -0.2) is 17.6 Å². The number of carbonyl (C=O) groups is 2. The molecule has 2 bridgehead atoms. The molecule has 5 rings (SSSR count). The van der Waals surface area contributed by atoms with Gasteiger partial charge in [0.15, 0.2) is 0 Å². The molecule has 2 amide bonds. The van der Waals surface area contributed by atoms with E-state index in [1.54, 1.807) is 29.6 Å². The van der Waals surface area contributed by atoms with Crippen molar-refractivity contribution in [3.8, 4) is 0 Å². The first kappa shape index (κ1) is 33.6. The van der Waals surface area contributed by atoms with Crippen LogP contribution in [-0.2, 0) is 26.0 Å². The molecule has 0 aromatic heterocycles. The molecule has 2 aromatic rings. The Balaban J connectivity index is 1.39. The highest BCUT2D eigenvalue weighted by Gasteiger charge is 2.40. The van der Waals surface area contributed by atoms with Crippen LogP contribution in [0.25, 0.3) is 0 Å². The van der Waals surface area contributed by atoms with E-state index in [0.29, 0.717) is 31.0 Å². The average Bonchev–Trinajstić information content (AvgIpc) is 3.13. The molecule has 10 nitrogen and oxygen atoms in total. The zero-order valence-electron chi connectivity index (χ0n) is 25.4. The summed E-state index contributed by atoms with van der Waals surface area (Å²) >= 11 is 6.16. The molecule has 2 aliphatic heterocycles. The first-order chi connectivity index (χ1) is 21.6. The molecule has 1 saturated carbocycles. The third-order valence-corrected chi connectivity index (χ3v) is 11.8. The van der Waals surface area contributed by atoms with Gasteiger partial charge in [-0.15, -0.1) is 0 Å². The maximum absolute atomic E-state index is 15.3. The molecule has 45 heavy (non-hydrogen) atoms. The van der Waals surface area contributed by atoms with Crippen molar-refractivity contribution in [2.45, 2.75) is 81.5 Å². The number of fused-ring (bicyclic) bond motifs is 2. The summed E-state index contributed by atoms with van der Waals surface area (Å²) in [6, 6.07) is 10.0. The molecule has 1 aliphatic carbocycles. The SMILES string of the molecule is COC1CCC([C@H](c2ccc(Cl)cc2)[C@H](NC(=O)O)C(=O)Nc2cccc(F)c2CC[C@H]2CN[C@@H]3CCCS(=O)(=O)N2C3)CC1. The van der Waals surface area contributed by atoms with Crippen molar-refractivity contribution in [2.75, 3.05) is 31.3 Å². The smallest absolute Gasteiger partial charge is 0.405 e. The van der Waals surface area contributed by atoms with Gasteiger partial charge >= 0.3 is 6.09 Å². The first-order valence-corrected chi connectivity index (χ1v) is 17.6. The van der Waals surface area contributed by atoms with Crippen molar-refractivity contribution in [3.05, 3.63) is 64.4 Å². The van der Waals surface area contributed by atoms with Crippen LogP contribution >= 0.6 is 11.6 Å². The Morgan fingerprint density at radius 3 is 2.56 bits per heavy atom. The van der Waals surface area contributed by atoms with Crippen LogP contribution in [-0.4, -0.2) is 80.0 Å². The quantitative estimate of drug-likeness (QED) is 0.288. The van der Waals surface area contributed by atoms with Crippen LogP contribution in [0, 0.1) is 11.7 Å². The minimum Gasteiger partial charge on any atom is -0.465 e. The molecular weight excluding hydrogens is 623 g/mol. The number of hydrogen-bond donors (Lipinski definition) is 4. The van der Waals surface area contributed by atoms with Crippen LogP contribution in [0.4, 0.5) is 14.9 Å². The highest BCUT2D eigenvalue weighted by molar-refractivity contribution is 7.89. The van der Waals surface area contributed by atoms with Crippen LogP contribution in [0.1, 0.15) is 62.0 Å². The Morgan fingerprint density at radius 1 is 1.13 bits per heavy atom. The fourth-order valence-corrected chi connectivity index (χ4v) is 9.19. The largest absolute Gasteiger partial charge is 0.465 e. The zero-order chi connectivity index (χ0) is 32.1. The molecule has 13 heteroatoms. The minimum atomic E-state index is -3.41. The Labute approximate surface area is 269 Å². The Morgan fingerprint density at radius 2 is 1.87 bits per heavy atom. The van der Waals surface area contributed by atoms with Gasteiger partial charge in [0.2, 0.25) is 15.9 Å². The number of nitrogens with zero attached hydrogens (tertiary/aromatic N) is 1. The summed E-state index contributed by atoms with van der Waals surface area (Å²) in [7, 11) is -1.74. The van der Waals surface area contributed by atoms with E-state index in [1.807, 2.05) is 12.1 Å². The number of rotatable bonds is 10. The molecule has 1 unspecified atom stereocenters. The number of carbonyl (C=O) groups excluding carboxylic acids is 1. The third-order valence-electron chi connectivity index (χ3n) is 9.60. The lowest BCUT2D eigenvalue weighted by Crippen LogP contribution is -2.57. The standard InChI is InChI=1S/C32H42ClFN4O6S/c1-44-25-14-9-21(10-15-25)29(20-7-11-22(33)12-8-20)30(37-32(40)41)31(39)36-28-6-2-5-27(34)26(28)16-13-24-18-35-23-4-3-17-45(42,43)38(24)19-23/h2,5-8,11-12,21,23-25,29-30,35,37H,3-4,9-10,13-19H2,1H3,(H,36,39)(H,40,41)/t21?,23-,24+,25?,29+,30+/m1/s1. The van der Waals surface area contributed by atoms with Crippen LogP contribution in [0.2, 0.25) is 5.02 Å². The summed E-state index contributed by atoms with van der Waals surface area (Å²) in [6.45, 7) is 0.869. The average molecular weight is 665 g/mol. The summed E-state index contributed by atoms with van der Waals surface area (Å²) in [5, 5.41) is 19.1. The molecular formula is C32H42ClFN4O6S. The maximum Gasteiger partial charge on any atom is 0.405 e. The minimum absolute atomic E-state index is 0.0228. The van der Waals surface area contributed by atoms with Gasteiger partial charge in [0.05, 0.1) is 11.9 Å². The van der Waals surface area contributed by atoms with Crippen LogP contribution in [0.15, 0.2) is 42.5 Å². The summed E-state index contributed by atoms with van der Waals surface area (Å²) in [6.07, 6.45) is 3.73. The van der Waals surface area contributed by atoms with Crippen LogP contribution < -0.4 is 16.0 Å². The van der Waals surface area contributed by atoms with Crippen molar-refractivity contribution in [1.82, 2.24) is 14.9 Å². The molecule has 2 heterocycles. The number of methoxy groups -OCH3 is 1. The van der Waals surface area contributed by atoms with Crippen molar-refractivity contribution >= 4 is 39.3 Å². The zero-order valence-corrected chi connectivity index (χ0v) is 27.0. The number of carboxylic acid groups (broad SMARTS) is 1. The Bertz CT molecular complexity index is 1450. The highest BCUT2D eigenvalue weighted by atomic mass is 35.5. The number of amides is 2. The Kier molecular flexibility index (Phi) is 11.0. The number of nitrogens with one attached hydrogen (secondary N) is 3. The van der Waals surface area contributed by atoms with Gasteiger partial charge < -0.3 is 25.8 Å². The van der Waals surface area contributed by atoms with Crippen LogP contribution in [0.5, 0.6) is 0 Å². The molecule has 3 aliphatic rings. The summed E-state index contributed by atoms with van der Waals surface area (Å²) in [5.41, 5.74) is 1.25. The molecule has 2 saturated heterocycles. The normalized spacial score (nSPS) is 27.5. The predicted octanol–water partition coefficient (Wildman–Crippen LogP) is 4.74. The number of ether oxygens (including phenoxy) is 1. The summed E-state index contributed by atoms with van der Waals surface area (Å²) in [5.74, 6) is -1.56. The third kappa shape index (κ3) is 8.15. The van der Waals surface area contributed by atoms with Gasteiger partial charge in [0, 0.05) is 54.5 Å². The first-order valence-electron chi connectivity index (χ1n) is 15.6. The van der Waals surface area contributed by atoms with Crippen LogP contribution in [0.3, 0.4) is 0 Å². The number of piperazine rings is 1. The monoisotopic (exact) mass is 664 g/mol. The van der Waals surface area contributed by atoms with E-state index >= 15 is 4.39 Å². The Hall–Kier alpha value is -2.77. The molecule has 0 radical (unpaired) electrons. The number of anilines is 1. The van der Waals surface area contributed by atoms with Gasteiger partial charge in [-0.3, -0.25) is 4.79 Å². The number of benzene rings is 2. The van der Waals surface area contributed by atoms with Crippen molar-refractivity contribution in [1.29, 1.82) is 0 Å². The fourth-order valence-electron chi connectivity index (χ4n) is 7.25. The lowest BCUT2D eigenvalue weighted by atomic mass is 9.72. The number of sulfonamides is 1. The second-order valence-electron chi connectivity index (χ2n) is 12.4. The number of halogens is 2. The second-order valence-corrected chi connectivity index (χ2v) is 14.8. The van der Waals surface area contributed by atoms with Gasteiger partial charge in [-0.05, 0) is 87.1 Å². The summed E-state index contributed by atoms with van der Waals surface area (Å²) < 4.78 is 48.3. The molecule has 0 spiro atoms. The summed E-state index contributed by atoms with van der Waals surface area (Å²) in [4.78, 5) is 26.1. The van der Waals surface area contributed by atoms with Crippen molar-refractivity contribution in [3.63, 3.8) is 0 Å². The van der Waals surface area contributed by atoms with E-state index in [9.17, 15) is 23.1 Å². The van der Waals surface area contributed by atoms with E-state index in [0.717, 1.165) is 37.7 Å². The molecule has 3 fully saturated rings. The topological polar surface area (TPSA) is 137 Å². The van der Waals surface area contributed by atoms with Gasteiger partial charge in [-0.1, -0.05) is 29.8 Å². The van der Waals surface area contributed by atoms with Gasteiger partial charge in [0.1, 0.15) is 11.9 Å². The predicted molar refractivity (Wildman–Crippen MR) is 171 cm³/mol. The van der Waals surface area contributed by atoms with E-state index in [1.165, 1.54) is 12.1 Å². The molecule has 2 aromatic carbocycles. The van der Waals surface area contributed by atoms with E-state index in [-0.39, 0.29) is 47.5 Å². The maximum atomic E-state index is 15.3. The second kappa shape index (κ2) is 14.8. The van der Waals surface area contributed by atoms with Crippen molar-refractivity contribution < 1.29 is 32.2 Å². The lowest BCUT2D eigenvalue weighted by molar-refractivity contribution is -0.119. The molecule has 246 valence electrons. The molecule has 5 atom stereocenters. The molecule has 4 N–H and O–H groups in total. The van der Waals surface area contributed by atoms with Crippen molar-refractivity contribution in [2.24, 2.45) is 5.92 Å².